The minimum atomic E-state index is -0.711. The molecule has 4 amide bonds. The fraction of sp³-hybridized carbons (Fsp3) is 0.182. The second-order valence-electron chi connectivity index (χ2n) is 3.67. The summed E-state index contributed by atoms with van der Waals surface area (Å²) in [6.45, 7) is 1.85. The first kappa shape index (κ1) is 11.8. The molecule has 0 spiro atoms. The number of amides is 4. The number of carbonyl (C=O) groups excluding carboxylic acids is 3. The molecular formula is C11H9BrN2O3. The molecule has 0 unspecified atom stereocenters. The van der Waals surface area contributed by atoms with Crippen LogP contribution in [0, 0.1) is 6.92 Å². The van der Waals surface area contributed by atoms with E-state index in [0.29, 0.717) is 10.2 Å². The van der Waals surface area contributed by atoms with E-state index < -0.39 is 17.8 Å². The van der Waals surface area contributed by atoms with Gasteiger partial charge in [-0.15, -0.1) is 0 Å². The molecule has 2 rings (SSSR count). The second kappa shape index (κ2) is 4.29. The van der Waals surface area contributed by atoms with E-state index in [1.165, 1.54) is 0 Å². The van der Waals surface area contributed by atoms with Crippen LogP contribution >= 0.6 is 15.9 Å². The van der Waals surface area contributed by atoms with E-state index in [9.17, 15) is 14.4 Å². The minimum absolute atomic E-state index is 0.313. The Morgan fingerprint density at radius 3 is 2.65 bits per heavy atom. The van der Waals surface area contributed by atoms with Crippen LogP contribution in [0.25, 0.3) is 0 Å². The van der Waals surface area contributed by atoms with Crippen molar-refractivity contribution in [3.63, 3.8) is 0 Å². The maximum atomic E-state index is 11.7. The van der Waals surface area contributed by atoms with Gasteiger partial charge in [0.25, 0.3) is 0 Å². The summed E-state index contributed by atoms with van der Waals surface area (Å²) in [7, 11) is 0. The molecule has 6 heteroatoms. The van der Waals surface area contributed by atoms with Crippen molar-refractivity contribution in [2.75, 3.05) is 4.90 Å². The van der Waals surface area contributed by atoms with Gasteiger partial charge in [0, 0.05) is 4.47 Å². The van der Waals surface area contributed by atoms with Crippen molar-refractivity contribution < 1.29 is 14.4 Å². The number of aryl methyl sites for hydroxylation is 1. The zero-order chi connectivity index (χ0) is 12.6. The molecule has 0 atom stereocenters. The Labute approximate surface area is 106 Å². The van der Waals surface area contributed by atoms with Crippen molar-refractivity contribution in [1.29, 1.82) is 0 Å². The summed E-state index contributed by atoms with van der Waals surface area (Å²) in [6.07, 6.45) is -0.313. The average molecular weight is 297 g/mol. The van der Waals surface area contributed by atoms with Gasteiger partial charge in [0.05, 0.1) is 5.69 Å². The lowest BCUT2D eigenvalue weighted by Gasteiger charge is -2.25. The first-order valence-corrected chi connectivity index (χ1v) is 5.72. The molecule has 5 nitrogen and oxygen atoms in total. The number of anilines is 1. The van der Waals surface area contributed by atoms with Crippen LogP contribution in [0.1, 0.15) is 12.0 Å². The van der Waals surface area contributed by atoms with Crippen molar-refractivity contribution >= 4 is 39.5 Å². The van der Waals surface area contributed by atoms with Gasteiger partial charge in [-0.2, -0.15) is 0 Å². The summed E-state index contributed by atoms with van der Waals surface area (Å²) in [5, 5.41) is 2.11. The Bertz CT molecular complexity index is 507. The maximum absolute atomic E-state index is 11.7. The number of urea groups is 1. The van der Waals surface area contributed by atoms with Crippen LogP contribution in [-0.4, -0.2) is 17.8 Å². The molecule has 1 saturated heterocycles. The molecule has 1 aromatic carbocycles. The van der Waals surface area contributed by atoms with Gasteiger partial charge >= 0.3 is 6.03 Å². The smallest absolute Gasteiger partial charge is 0.277 e. The average Bonchev–Trinajstić information content (AvgIpc) is 2.23. The molecule has 0 aliphatic carbocycles. The van der Waals surface area contributed by atoms with Crippen LogP contribution in [0.15, 0.2) is 22.7 Å². The van der Waals surface area contributed by atoms with E-state index in [-0.39, 0.29) is 6.42 Å². The van der Waals surface area contributed by atoms with Crippen molar-refractivity contribution in [2.45, 2.75) is 13.3 Å². The summed E-state index contributed by atoms with van der Waals surface area (Å²) in [4.78, 5) is 35.3. The molecule has 0 aromatic heterocycles. The topological polar surface area (TPSA) is 66.5 Å². The summed E-state index contributed by atoms with van der Waals surface area (Å²) < 4.78 is 0.665. The highest BCUT2D eigenvalue weighted by molar-refractivity contribution is 9.10. The lowest BCUT2D eigenvalue weighted by Crippen LogP contribution is -2.53. The molecule has 1 aliphatic heterocycles. The zero-order valence-corrected chi connectivity index (χ0v) is 10.6. The Balaban J connectivity index is 2.46. The predicted octanol–water partition coefficient (Wildman–Crippen LogP) is 1.73. The Kier molecular flexibility index (Phi) is 2.97. The molecule has 0 saturated carbocycles. The van der Waals surface area contributed by atoms with Gasteiger partial charge in [-0.1, -0.05) is 12.1 Å². The minimum Gasteiger partial charge on any atom is -0.277 e. The van der Waals surface area contributed by atoms with E-state index in [0.717, 1.165) is 10.5 Å². The summed E-state index contributed by atoms with van der Waals surface area (Å²) >= 11 is 3.33. The number of hydrogen-bond acceptors (Lipinski definition) is 3. The Morgan fingerprint density at radius 1 is 1.29 bits per heavy atom. The van der Waals surface area contributed by atoms with E-state index in [1.807, 2.05) is 13.0 Å². The molecule has 0 radical (unpaired) electrons. The number of carbonyl (C=O) groups is 3. The fourth-order valence-electron chi connectivity index (χ4n) is 1.60. The Morgan fingerprint density at radius 2 is 2.00 bits per heavy atom. The highest BCUT2D eigenvalue weighted by atomic mass is 79.9. The van der Waals surface area contributed by atoms with Gasteiger partial charge in [-0.25, -0.2) is 9.69 Å². The number of benzene rings is 1. The van der Waals surface area contributed by atoms with Crippen LogP contribution in [-0.2, 0) is 9.59 Å². The number of nitrogens with zero attached hydrogens (tertiary/aromatic N) is 1. The van der Waals surface area contributed by atoms with E-state index in [2.05, 4.69) is 21.2 Å². The number of nitrogens with one attached hydrogen (secondary N) is 1. The van der Waals surface area contributed by atoms with Gasteiger partial charge in [0.2, 0.25) is 11.8 Å². The molecule has 1 heterocycles. The van der Waals surface area contributed by atoms with Crippen molar-refractivity contribution in [1.82, 2.24) is 5.32 Å². The lowest BCUT2D eigenvalue weighted by molar-refractivity contribution is -0.128. The predicted molar refractivity (Wildman–Crippen MR) is 64.5 cm³/mol. The number of barbiturate groups is 1. The van der Waals surface area contributed by atoms with E-state index in [4.69, 9.17) is 0 Å². The molecule has 1 aliphatic rings. The van der Waals surface area contributed by atoms with Crippen LogP contribution in [0.4, 0.5) is 10.5 Å². The van der Waals surface area contributed by atoms with Crippen LogP contribution < -0.4 is 10.2 Å². The van der Waals surface area contributed by atoms with Crippen molar-refractivity contribution in [3.05, 3.63) is 28.2 Å². The summed E-state index contributed by atoms with van der Waals surface area (Å²) in [5.74, 6) is -1.09. The molecule has 1 fully saturated rings. The van der Waals surface area contributed by atoms with Crippen LogP contribution in [0.2, 0.25) is 0 Å². The standard InChI is InChI=1S/C11H9BrN2O3/c1-6-3-2-4-7(10(6)12)14-9(16)5-8(15)13-11(14)17/h2-4H,5H2,1H3,(H,13,15,17). The quantitative estimate of drug-likeness (QED) is 0.803. The third kappa shape index (κ3) is 2.08. The van der Waals surface area contributed by atoms with Gasteiger partial charge < -0.3 is 0 Å². The fourth-order valence-corrected chi connectivity index (χ4v) is 2.04. The van der Waals surface area contributed by atoms with Gasteiger partial charge in [0.1, 0.15) is 6.42 Å². The van der Waals surface area contributed by atoms with Crippen LogP contribution in [0.5, 0.6) is 0 Å². The molecule has 17 heavy (non-hydrogen) atoms. The normalized spacial score (nSPS) is 16.1. The maximum Gasteiger partial charge on any atom is 0.335 e. The third-order valence-corrected chi connectivity index (χ3v) is 3.45. The second-order valence-corrected chi connectivity index (χ2v) is 4.46. The summed E-state index contributed by atoms with van der Waals surface area (Å²) in [6, 6.07) is 4.53. The first-order valence-electron chi connectivity index (χ1n) is 4.92. The molecular weight excluding hydrogens is 288 g/mol. The van der Waals surface area contributed by atoms with Gasteiger partial charge in [-0.3, -0.25) is 14.9 Å². The Hall–Kier alpha value is -1.69. The van der Waals surface area contributed by atoms with Crippen LogP contribution in [0.3, 0.4) is 0 Å². The largest absolute Gasteiger partial charge is 0.335 e. The number of halogens is 1. The SMILES string of the molecule is Cc1cccc(N2C(=O)CC(=O)NC2=O)c1Br. The number of rotatable bonds is 1. The van der Waals surface area contributed by atoms with Gasteiger partial charge in [-0.05, 0) is 34.5 Å². The molecule has 88 valence electrons. The summed E-state index contributed by atoms with van der Waals surface area (Å²) in [5.41, 5.74) is 1.35. The third-order valence-electron chi connectivity index (χ3n) is 2.42. The zero-order valence-electron chi connectivity index (χ0n) is 8.99. The number of hydrogen-bond donors (Lipinski definition) is 1. The first-order chi connectivity index (χ1) is 8.00. The number of imide groups is 2. The van der Waals surface area contributed by atoms with E-state index >= 15 is 0 Å². The monoisotopic (exact) mass is 296 g/mol. The lowest BCUT2D eigenvalue weighted by atomic mass is 10.2. The molecule has 1 aromatic rings. The molecule has 0 bridgehead atoms. The van der Waals surface area contributed by atoms with E-state index in [1.54, 1.807) is 12.1 Å². The highest BCUT2D eigenvalue weighted by Gasteiger charge is 2.33. The van der Waals surface area contributed by atoms with Crippen molar-refractivity contribution in [3.8, 4) is 0 Å². The van der Waals surface area contributed by atoms with Gasteiger partial charge in [0.15, 0.2) is 0 Å². The molecule has 1 N–H and O–H groups in total. The van der Waals surface area contributed by atoms with Crippen molar-refractivity contribution in [2.24, 2.45) is 0 Å². The highest BCUT2D eigenvalue weighted by Crippen LogP contribution is 2.30.